The standard InChI is InChI=1S/C13H11N3O2S/c1-9-4-2-3-5-10(9)12-8-11-13(15-7-6-14-11)16-19(12,17)18/h2-8H,1H3,(H,15,16). The molecule has 0 saturated heterocycles. The number of nitrogens with zero attached hydrogens (tertiary/aromatic N) is 2. The number of benzene rings is 1. The molecule has 0 spiro atoms. The van der Waals surface area contributed by atoms with Crippen LogP contribution in [0, 0.1) is 6.92 Å². The second kappa shape index (κ2) is 4.17. The minimum Gasteiger partial charge on any atom is -0.262 e. The topological polar surface area (TPSA) is 72.0 Å². The molecule has 0 amide bonds. The van der Waals surface area contributed by atoms with Crippen molar-refractivity contribution >= 4 is 26.8 Å². The summed E-state index contributed by atoms with van der Waals surface area (Å²) in [4.78, 5) is 8.31. The molecule has 1 aromatic carbocycles. The quantitative estimate of drug-likeness (QED) is 0.863. The first-order chi connectivity index (χ1) is 9.08. The van der Waals surface area contributed by atoms with Crippen LogP contribution in [-0.2, 0) is 10.0 Å². The van der Waals surface area contributed by atoms with Crippen LogP contribution in [-0.4, -0.2) is 18.4 Å². The lowest BCUT2D eigenvalue weighted by Gasteiger charge is -2.18. The fraction of sp³-hybridized carbons (Fsp3) is 0.0769. The molecule has 0 saturated carbocycles. The van der Waals surface area contributed by atoms with Crippen LogP contribution in [0.1, 0.15) is 16.8 Å². The van der Waals surface area contributed by atoms with Crippen LogP contribution in [0.15, 0.2) is 36.7 Å². The van der Waals surface area contributed by atoms with Crippen molar-refractivity contribution in [3.05, 3.63) is 53.5 Å². The van der Waals surface area contributed by atoms with Crippen LogP contribution in [0.5, 0.6) is 0 Å². The molecule has 0 radical (unpaired) electrons. The van der Waals surface area contributed by atoms with E-state index in [1.165, 1.54) is 12.4 Å². The Morgan fingerprint density at radius 2 is 1.84 bits per heavy atom. The molecule has 1 aliphatic rings. The Hall–Kier alpha value is -2.21. The number of anilines is 1. The normalized spacial score (nSPS) is 16.2. The van der Waals surface area contributed by atoms with E-state index in [2.05, 4.69) is 14.7 Å². The fourth-order valence-electron chi connectivity index (χ4n) is 1.99. The van der Waals surface area contributed by atoms with Crippen LogP contribution < -0.4 is 4.72 Å². The molecule has 1 aromatic heterocycles. The predicted octanol–water partition coefficient (Wildman–Crippen LogP) is 2.04. The maximum absolute atomic E-state index is 12.3. The van der Waals surface area contributed by atoms with E-state index < -0.39 is 10.0 Å². The van der Waals surface area contributed by atoms with Crippen molar-refractivity contribution in [1.82, 2.24) is 9.97 Å². The molecule has 1 aliphatic heterocycles. The van der Waals surface area contributed by atoms with Crippen molar-refractivity contribution in [2.45, 2.75) is 6.92 Å². The number of hydrogen-bond donors (Lipinski definition) is 1. The van der Waals surface area contributed by atoms with E-state index in [0.29, 0.717) is 11.3 Å². The van der Waals surface area contributed by atoms with E-state index >= 15 is 0 Å². The third kappa shape index (κ3) is 2.00. The molecule has 5 nitrogen and oxygen atoms in total. The minimum atomic E-state index is -3.60. The summed E-state index contributed by atoms with van der Waals surface area (Å²) in [6.07, 6.45) is 4.54. The van der Waals surface area contributed by atoms with Gasteiger partial charge in [-0.2, -0.15) is 0 Å². The molecule has 6 heteroatoms. The molecule has 2 heterocycles. The molecule has 2 aromatic rings. The van der Waals surface area contributed by atoms with E-state index in [0.717, 1.165) is 5.56 Å². The van der Waals surface area contributed by atoms with Gasteiger partial charge in [-0.1, -0.05) is 24.3 Å². The highest BCUT2D eigenvalue weighted by Crippen LogP contribution is 2.32. The number of aryl methyl sites for hydroxylation is 1. The average molecular weight is 273 g/mol. The third-order valence-electron chi connectivity index (χ3n) is 2.93. The largest absolute Gasteiger partial charge is 0.263 e. The molecule has 3 rings (SSSR count). The molecule has 0 bridgehead atoms. The number of rotatable bonds is 1. The molecule has 0 fully saturated rings. The van der Waals surface area contributed by atoms with E-state index in [9.17, 15) is 8.42 Å². The number of hydrogen-bond acceptors (Lipinski definition) is 4. The molecular weight excluding hydrogens is 262 g/mol. The van der Waals surface area contributed by atoms with Gasteiger partial charge in [0.15, 0.2) is 5.82 Å². The monoisotopic (exact) mass is 273 g/mol. The molecule has 1 N–H and O–H groups in total. The van der Waals surface area contributed by atoms with Gasteiger partial charge in [0.1, 0.15) is 5.69 Å². The number of nitrogens with one attached hydrogen (secondary N) is 1. The van der Waals surface area contributed by atoms with Crippen LogP contribution in [0.25, 0.3) is 11.0 Å². The summed E-state index contributed by atoms with van der Waals surface area (Å²) in [6.45, 7) is 1.87. The first-order valence-corrected chi connectivity index (χ1v) is 7.18. The first-order valence-electron chi connectivity index (χ1n) is 5.69. The summed E-state index contributed by atoms with van der Waals surface area (Å²) < 4.78 is 26.9. The van der Waals surface area contributed by atoms with Gasteiger partial charge >= 0.3 is 0 Å². The lowest BCUT2D eigenvalue weighted by molar-refractivity contribution is 0.610. The lowest BCUT2D eigenvalue weighted by Crippen LogP contribution is -2.20. The van der Waals surface area contributed by atoms with Gasteiger partial charge in [-0.05, 0) is 24.1 Å². The van der Waals surface area contributed by atoms with Crippen molar-refractivity contribution in [1.29, 1.82) is 0 Å². The maximum Gasteiger partial charge on any atom is 0.263 e. The average Bonchev–Trinajstić information content (AvgIpc) is 2.38. The van der Waals surface area contributed by atoms with Gasteiger partial charge in [0, 0.05) is 12.4 Å². The van der Waals surface area contributed by atoms with Gasteiger partial charge < -0.3 is 0 Å². The number of aromatic nitrogens is 2. The van der Waals surface area contributed by atoms with Crippen molar-refractivity contribution in [2.75, 3.05) is 4.72 Å². The Morgan fingerprint density at radius 1 is 1.11 bits per heavy atom. The molecule has 96 valence electrons. The third-order valence-corrected chi connectivity index (χ3v) is 4.30. The zero-order valence-corrected chi connectivity index (χ0v) is 11.0. The van der Waals surface area contributed by atoms with Crippen LogP contribution in [0.2, 0.25) is 0 Å². The Morgan fingerprint density at radius 3 is 2.63 bits per heavy atom. The summed E-state index contributed by atoms with van der Waals surface area (Å²) in [5.41, 5.74) is 2.09. The Bertz CT molecular complexity index is 782. The highest BCUT2D eigenvalue weighted by Gasteiger charge is 2.27. The number of sulfonamides is 1. The summed E-state index contributed by atoms with van der Waals surface area (Å²) in [5, 5.41) is 0. The summed E-state index contributed by atoms with van der Waals surface area (Å²) in [5.74, 6) is 0.264. The Kier molecular flexibility index (Phi) is 2.60. The SMILES string of the molecule is Cc1ccccc1C1=Cc2nccnc2NS1(=O)=O. The first kappa shape index (κ1) is 11.9. The van der Waals surface area contributed by atoms with Crippen molar-refractivity contribution in [2.24, 2.45) is 0 Å². The van der Waals surface area contributed by atoms with Crippen LogP contribution in [0.4, 0.5) is 5.82 Å². The summed E-state index contributed by atoms with van der Waals surface area (Å²) >= 11 is 0. The highest BCUT2D eigenvalue weighted by atomic mass is 32.2. The van der Waals surface area contributed by atoms with E-state index in [1.807, 2.05) is 25.1 Å². The highest BCUT2D eigenvalue weighted by molar-refractivity contribution is 8.02. The molecule has 19 heavy (non-hydrogen) atoms. The molecule has 0 atom stereocenters. The molecule has 0 unspecified atom stereocenters. The summed E-state index contributed by atoms with van der Waals surface area (Å²) in [7, 11) is -3.60. The second-order valence-electron chi connectivity index (χ2n) is 4.22. The summed E-state index contributed by atoms with van der Waals surface area (Å²) in [6, 6.07) is 7.33. The van der Waals surface area contributed by atoms with E-state index in [1.54, 1.807) is 12.1 Å². The predicted molar refractivity (Wildman–Crippen MR) is 73.6 cm³/mol. The van der Waals surface area contributed by atoms with Gasteiger partial charge in [-0.15, -0.1) is 0 Å². The van der Waals surface area contributed by atoms with Gasteiger partial charge in [-0.25, -0.2) is 13.4 Å². The van der Waals surface area contributed by atoms with E-state index in [4.69, 9.17) is 0 Å². The smallest absolute Gasteiger partial charge is 0.262 e. The second-order valence-corrected chi connectivity index (χ2v) is 5.87. The van der Waals surface area contributed by atoms with Gasteiger partial charge in [0.05, 0.1) is 4.91 Å². The van der Waals surface area contributed by atoms with E-state index in [-0.39, 0.29) is 10.7 Å². The van der Waals surface area contributed by atoms with Crippen molar-refractivity contribution in [3.63, 3.8) is 0 Å². The lowest BCUT2D eigenvalue weighted by atomic mass is 10.1. The van der Waals surface area contributed by atoms with Gasteiger partial charge in [0.2, 0.25) is 0 Å². The molecular formula is C13H11N3O2S. The van der Waals surface area contributed by atoms with Crippen molar-refractivity contribution < 1.29 is 8.42 Å². The van der Waals surface area contributed by atoms with Crippen LogP contribution >= 0.6 is 0 Å². The Balaban J connectivity index is 2.26. The molecule has 0 aliphatic carbocycles. The zero-order valence-electron chi connectivity index (χ0n) is 10.2. The maximum atomic E-state index is 12.3. The van der Waals surface area contributed by atoms with Crippen LogP contribution in [0.3, 0.4) is 0 Å². The minimum absolute atomic E-state index is 0.221. The van der Waals surface area contributed by atoms with Gasteiger partial charge in [-0.3, -0.25) is 9.71 Å². The number of fused-ring (bicyclic) bond motifs is 1. The fourth-order valence-corrected chi connectivity index (χ4v) is 3.30. The zero-order chi connectivity index (χ0) is 13.5. The van der Waals surface area contributed by atoms with Gasteiger partial charge in [0.25, 0.3) is 10.0 Å². The Labute approximate surface area is 111 Å². The van der Waals surface area contributed by atoms with Crippen molar-refractivity contribution in [3.8, 4) is 0 Å².